The van der Waals surface area contributed by atoms with E-state index in [-0.39, 0.29) is 24.4 Å². The Morgan fingerprint density at radius 2 is 1.84 bits per heavy atom. The number of ketones is 1. The molecule has 1 atom stereocenters. The number of carbonyl (C=O) groups excluding carboxylic acids is 3. The first kappa shape index (κ1) is 20.9. The number of Topliss-reactive ketones (excluding diaryl/α,β-unsaturated/α-hetero) is 1. The Balaban J connectivity index is 3.49. The number of oxime groups is 1. The third-order valence-electron chi connectivity index (χ3n) is 3.90. The van der Waals surface area contributed by atoms with Gasteiger partial charge >= 0.3 is 11.9 Å². The van der Waals surface area contributed by atoms with E-state index in [2.05, 4.69) is 5.16 Å². The molecule has 0 aromatic carbocycles. The number of ether oxygens (including phenoxy) is 2. The highest BCUT2D eigenvalue weighted by Gasteiger charge is 2.49. The molecule has 1 aliphatic carbocycles. The van der Waals surface area contributed by atoms with Crippen molar-refractivity contribution in [1.82, 2.24) is 0 Å². The van der Waals surface area contributed by atoms with Gasteiger partial charge in [-0.1, -0.05) is 25.9 Å². The van der Waals surface area contributed by atoms with Crippen molar-refractivity contribution in [3.05, 3.63) is 11.3 Å². The van der Waals surface area contributed by atoms with Gasteiger partial charge in [-0.15, -0.1) is 0 Å². The van der Waals surface area contributed by atoms with E-state index < -0.39 is 29.1 Å². The van der Waals surface area contributed by atoms with Crippen LogP contribution in [0.2, 0.25) is 0 Å². The Morgan fingerprint density at radius 1 is 1.20 bits per heavy atom. The van der Waals surface area contributed by atoms with E-state index in [1.165, 1.54) is 6.92 Å². The molecule has 1 unspecified atom stereocenters. The highest BCUT2D eigenvalue weighted by molar-refractivity contribution is 6.27. The molecule has 0 aromatic rings. The van der Waals surface area contributed by atoms with Crippen molar-refractivity contribution < 1.29 is 28.7 Å². The number of esters is 2. The molecule has 0 spiro atoms. The fourth-order valence-electron chi connectivity index (χ4n) is 2.89. The summed E-state index contributed by atoms with van der Waals surface area (Å²) < 4.78 is 10.4. The molecule has 0 saturated heterocycles. The maximum absolute atomic E-state index is 13.1. The summed E-state index contributed by atoms with van der Waals surface area (Å²) in [4.78, 5) is 42.1. The van der Waals surface area contributed by atoms with Crippen LogP contribution >= 0.6 is 0 Å². The number of allylic oxidation sites excluding steroid dienone is 2. The van der Waals surface area contributed by atoms with Gasteiger partial charge in [0.2, 0.25) is 0 Å². The second-order valence-electron chi connectivity index (χ2n) is 6.42. The molecule has 1 rings (SSSR count). The summed E-state index contributed by atoms with van der Waals surface area (Å²) in [7, 11) is 0. The molecule has 0 aromatic heterocycles. The maximum Gasteiger partial charge on any atom is 0.317 e. The van der Waals surface area contributed by atoms with Crippen LogP contribution in [0.4, 0.5) is 0 Å². The summed E-state index contributed by atoms with van der Waals surface area (Å²) in [6.45, 7) is 10.6. The lowest BCUT2D eigenvalue weighted by Crippen LogP contribution is -2.45. The molecule has 1 aliphatic rings. The molecule has 0 aliphatic heterocycles. The topological polar surface area (TPSA) is 91.3 Å². The molecule has 140 valence electrons. The number of nitrogens with zero attached hydrogens (tertiary/aromatic N) is 1. The molecule has 0 saturated carbocycles. The van der Waals surface area contributed by atoms with E-state index in [1.807, 2.05) is 6.92 Å². The molecule has 25 heavy (non-hydrogen) atoms. The minimum atomic E-state index is -0.986. The lowest BCUT2D eigenvalue weighted by Gasteiger charge is -2.37. The minimum absolute atomic E-state index is 0.142. The largest absolute Gasteiger partial charge is 0.465 e. The monoisotopic (exact) mass is 353 g/mol. The van der Waals surface area contributed by atoms with Crippen LogP contribution in [0.25, 0.3) is 0 Å². The zero-order valence-electron chi connectivity index (χ0n) is 15.8. The molecule has 7 nitrogen and oxygen atoms in total. The average Bonchev–Trinajstić information content (AvgIpc) is 2.48. The van der Waals surface area contributed by atoms with Crippen LogP contribution in [0, 0.1) is 11.3 Å². The third kappa shape index (κ3) is 4.90. The number of hydrogen-bond donors (Lipinski definition) is 0. The molecule has 0 bridgehead atoms. The highest BCUT2D eigenvalue weighted by atomic mass is 16.6. The fraction of sp³-hybridized carbons (Fsp3) is 0.667. The average molecular weight is 353 g/mol. The van der Waals surface area contributed by atoms with Gasteiger partial charge in [-0.2, -0.15) is 0 Å². The smallest absolute Gasteiger partial charge is 0.317 e. The molecule has 0 radical (unpaired) electrons. The Morgan fingerprint density at radius 3 is 2.32 bits per heavy atom. The van der Waals surface area contributed by atoms with Gasteiger partial charge in [-0.25, -0.2) is 0 Å². The third-order valence-corrected chi connectivity index (χ3v) is 3.90. The summed E-state index contributed by atoms with van der Waals surface area (Å²) in [5.41, 5.74) is -0.251. The number of hydrogen-bond acceptors (Lipinski definition) is 7. The minimum Gasteiger partial charge on any atom is -0.465 e. The molecular formula is C18H27NO6. The van der Waals surface area contributed by atoms with Gasteiger partial charge in [0.05, 0.1) is 17.9 Å². The number of rotatable bonds is 7. The zero-order valence-corrected chi connectivity index (χ0v) is 15.8. The van der Waals surface area contributed by atoms with Crippen LogP contribution in [0.5, 0.6) is 0 Å². The van der Waals surface area contributed by atoms with E-state index in [0.717, 1.165) is 0 Å². The van der Waals surface area contributed by atoms with Crippen LogP contribution in [-0.2, 0) is 28.7 Å². The van der Waals surface area contributed by atoms with Gasteiger partial charge in [0, 0.05) is 13.3 Å². The van der Waals surface area contributed by atoms with Gasteiger partial charge < -0.3 is 14.3 Å². The van der Waals surface area contributed by atoms with Crippen molar-refractivity contribution in [2.45, 2.75) is 54.4 Å². The van der Waals surface area contributed by atoms with E-state index in [0.29, 0.717) is 18.7 Å². The van der Waals surface area contributed by atoms with E-state index in [9.17, 15) is 14.4 Å². The first-order valence-corrected chi connectivity index (χ1v) is 8.51. The second kappa shape index (κ2) is 8.78. The molecular weight excluding hydrogens is 326 g/mol. The van der Waals surface area contributed by atoms with Crippen LogP contribution in [0.15, 0.2) is 16.5 Å². The Hall–Kier alpha value is -2.18. The number of carbonyl (C=O) groups is 3. The van der Waals surface area contributed by atoms with Gasteiger partial charge in [0.1, 0.15) is 18.3 Å². The fourth-order valence-corrected chi connectivity index (χ4v) is 2.89. The Kier molecular flexibility index (Phi) is 7.33. The molecule has 0 N–H and O–H groups in total. The maximum atomic E-state index is 13.1. The molecule has 7 heteroatoms. The van der Waals surface area contributed by atoms with Crippen molar-refractivity contribution in [3.8, 4) is 0 Å². The van der Waals surface area contributed by atoms with Crippen molar-refractivity contribution in [3.63, 3.8) is 0 Å². The predicted octanol–water partition coefficient (Wildman–Crippen LogP) is 2.78. The highest BCUT2D eigenvalue weighted by Crippen LogP contribution is 2.43. The van der Waals surface area contributed by atoms with E-state index in [1.54, 1.807) is 27.7 Å². The zero-order chi connectivity index (χ0) is 19.2. The van der Waals surface area contributed by atoms with Gasteiger partial charge in [-0.05, 0) is 25.7 Å². The molecule has 0 heterocycles. The lowest BCUT2D eigenvalue weighted by molar-refractivity contribution is -0.156. The van der Waals surface area contributed by atoms with E-state index >= 15 is 0 Å². The van der Waals surface area contributed by atoms with E-state index in [4.69, 9.17) is 14.3 Å². The second-order valence-corrected chi connectivity index (χ2v) is 6.42. The summed E-state index contributed by atoms with van der Waals surface area (Å²) in [6, 6.07) is 0. The van der Waals surface area contributed by atoms with Crippen LogP contribution in [0.1, 0.15) is 54.4 Å². The summed E-state index contributed by atoms with van der Waals surface area (Å²) in [5, 5.41) is 3.97. The summed E-state index contributed by atoms with van der Waals surface area (Å²) >= 11 is 0. The lowest BCUT2D eigenvalue weighted by atomic mass is 9.67. The standard InChI is InChI=1S/C18H27NO6/c1-7-12(19-24-9-3)14-13(25-11(4)20)10-18(5,6)15(16(14)21)17(22)23-8-2/h15H,7-10H2,1-6H3/b19-12-. The Bertz CT molecular complexity index is 603. The SMILES string of the molecule is CCO/N=C(/CC)C1=C(OC(C)=O)CC(C)(C)C(C(=O)OCC)C1=O. The first-order valence-electron chi connectivity index (χ1n) is 8.51. The van der Waals surface area contributed by atoms with Crippen molar-refractivity contribution in [2.24, 2.45) is 16.5 Å². The van der Waals surface area contributed by atoms with Crippen LogP contribution < -0.4 is 0 Å². The van der Waals surface area contributed by atoms with Gasteiger partial charge in [0.25, 0.3) is 0 Å². The van der Waals surface area contributed by atoms with Gasteiger partial charge in [0.15, 0.2) is 5.78 Å². The Labute approximate surface area is 148 Å². The summed E-state index contributed by atoms with van der Waals surface area (Å²) in [5.74, 6) is -2.32. The van der Waals surface area contributed by atoms with Crippen LogP contribution in [-0.4, -0.2) is 36.6 Å². The normalized spacial score (nSPS) is 20.3. The summed E-state index contributed by atoms with van der Waals surface area (Å²) in [6.07, 6.45) is 0.629. The predicted molar refractivity (Wildman–Crippen MR) is 91.7 cm³/mol. The van der Waals surface area contributed by atoms with Gasteiger partial charge in [-0.3, -0.25) is 14.4 Å². The van der Waals surface area contributed by atoms with Crippen molar-refractivity contribution >= 4 is 23.4 Å². The molecule has 0 amide bonds. The first-order chi connectivity index (χ1) is 11.7. The van der Waals surface area contributed by atoms with Crippen LogP contribution in [0.3, 0.4) is 0 Å². The van der Waals surface area contributed by atoms with Crippen molar-refractivity contribution in [1.29, 1.82) is 0 Å². The molecule has 0 fully saturated rings. The van der Waals surface area contributed by atoms with Crippen molar-refractivity contribution in [2.75, 3.05) is 13.2 Å². The quantitative estimate of drug-likeness (QED) is 0.302.